The standard InChI is InChI=1S/C20H22O4/c1-2-23-20(22)18-16-11-7-6-8-14(16)12-13-17(18)19(21)24-15-9-4-3-5-10-15/h6-8,11-13,15H,2-5,9-10H2,1H3. The van der Waals surface area contributed by atoms with Crippen LogP contribution >= 0.6 is 0 Å². The normalized spacial score (nSPS) is 15.2. The van der Waals surface area contributed by atoms with Gasteiger partial charge in [-0.05, 0) is 49.4 Å². The highest BCUT2D eigenvalue weighted by molar-refractivity contribution is 6.12. The zero-order valence-electron chi connectivity index (χ0n) is 13.9. The summed E-state index contributed by atoms with van der Waals surface area (Å²) >= 11 is 0. The lowest BCUT2D eigenvalue weighted by Crippen LogP contribution is -2.22. The molecule has 0 atom stereocenters. The summed E-state index contributed by atoms with van der Waals surface area (Å²) in [4.78, 5) is 25.1. The van der Waals surface area contributed by atoms with Gasteiger partial charge in [-0.2, -0.15) is 0 Å². The Kier molecular flexibility index (Phi) is 5.14. The lowest BCUT2D eigenvalue weighted by atomic mass is 9.97. The van der Waals surface area contributed by atoms with Gasteiger partial charge in [0.25, 0.3) is 0 Å². The summed E-state index contributed by atoms with van der Waals surface area (Å²) in [7, 11) is 0. The molecule has 0 bridgehead atoms. The Hall–Kier alpha value is -2.36. The van der Waals surface area contributed by atoms with Crippen molar-refractivity contribution in [1.82, 2.24) is 0 Å². The van der Waals surface area contributed by atoms with Crippen molar-refractivity contribution in [3.8, 4) is 0 Å². The van der Waals surface area contributed by atoms with Crippen molar-refractivity contribution in [1.29, 1.82) is 0 Å². The van der Waals surface area contributed by atoms with Crippen LogP contribution in [0.5, 0.6) is 0 Å². The molecular formula is C20H22O4. The van der Waals surface area contributed by atoms with Crippen LogP contribution in [0.3, 0.4) is 0 Å². The number of esters is 2. The summed E-state index contributed by atoms with van der Waals surface area (Å²) in [6.45, 7) is 2.02. The van der Waals surface area contributed by atoms with Gasteiger partial charge in [0.2, 0.25) is 0 Å². The van der Waals surface area contributed by atoms with Crippen LogP contribution in [0.25, 0.3) is 10.8 Å². The minimum atomic E-state index is -0.482. The molecule has 24 heavy (non-hydrogen) atoms. The largest absolute Gasteiger partial charge is 0.462 e. The van der Waals surface area contributed by atoms with E-state index < -0.39 is 11.9 Å². The highest BCUT2D eigenvalue weighted by atomic mass is 16.5. The monoisotopic (exact) mass is 326 g/mol. The predicted molar refractivity (Wildman–Crippen MR) is 92.2 cm³/mol. The smallest absolute Gasteiger partial charge is 0.339 e. The van der Waals surface area contributed by atoms with Crippen molar-refractivity contribution >= 4 is 22.7 Å². The predicted octanol–water partition coefficient (Wildman–Crippen LogP) is 4.51. The van der Waals surface area contributed by atoms with Gasteiger partial charge in [-0.15, -0.1) is 0 Å². The molecule has 0 heterocycles. The first-order chi connectivity index (χ1) is 11.7. The lowest BCUT2D eigenvalue weighted by Gasteiger charge is -2.22. The molecule has 126 valence electrons. The van der Waals surface area contributed by atoms with E-state index in [0.29, 0.717) is 10.9 Å². The zero-order chi connectivity index (χ0) is 16.9. The van der Waals surface area contributed by atoms with E-state index in [4.69, 9.17) is 9.47 Å². The molecule has 4 heteroatoms. The molecule has 2 aromatic rings. The molecule has 4 nitrogen and oxygen atoms in total. The molecule has 0 N–H and O–H groups in total. The fourth-order valence-electron chi connectivity index (χ4n) is 3.26. The molecule has 0 amide bonds. The van der Waals surface area contributed by atoms with E-state index in [9.17, 15) is 9.59 Å². The van der Waals surface area contributed by atoms with Gasteiger partial charge < -0.3 is 9.47 Å². The molecule has 0 radical (unpaired) electrons. The molecule has 1 aliphatic carbocycles. The van der Waals surface area contributed by atoms with E-state index >= 15 is 0 Å². The van der Waals surface area contributed by atoms with Crippen LogP contribution in [0.2, 0.25) is 0 Å². The van der Waals surface area contributed by atoms with Gasteiger partial charge in [0.05, 0.1) is 17.7 Å². The van der Waals surface area contributed by atoms with Gasteiger partial charge in [-0.25, -0.2) is 9.59 Å². The fourth-order valence-corrected chi connectivity index (χ4v) is 3.26. The van der Waals surface area contributed by atoms with Crippen molar-refractivity contribution in [2.75, 3.05) is 6.61 Å². The van der Waals surface area contributed by atoms with Crippen molar-refractivity contribution in [3.63, 3.8) is 0 Å². The second kappa shape index (κ2) is 7.47. The molecule has 0 saturated heterocycles. The van der Waals surface area contributed by atoms with Gasteiger partial charge in [0, 0.05) is 0 Å². The van der Waals surface area contributed by atoms with Crippen LogP contribution in [0.4, 0.5) is 0 Å². The number of carbonyl (C=O) groups excluding carboxylic acids is 2. The van der Waals surface area contributed by atoms with Crippen LogP contribution < -0.4 is 0 Å². The summed E-state index contributed by atoms with van der Waals surface area (Å²) in [5.74, 6) is -0.916. The first-order valence-corrected chi connectivity index (χ1v) is 8.60. The van der Waals surface area contributed by atoms with Crippen LogP contribution in [-0.2, 0) is 9.47 Å². The Labute approximate surface area is 141 Å². The summed E-state index contributed by atoms with van der Waals surface area (Å²) in [5.41, 5.74) is 0.591. The summed E-state index contributed by atoms with van der Waals surface area (Å²) in [6.07, 6.45) is 5.11. The Morgan fingerprint density at radius 2 is 1.75 bits per heavy atom. The van der Waals surface area contributed by atoms with Crippen molar-refractivity contribution in [2.45, 2.75) is 45.1 Å². The highest BCUT2D eigenvalue weighted by Gasteiger charge is 2.25. The van der Waals surface area contributed by atoms with E-state index in [1.54, 1.807) is 13.0 Å². The first kappa shape index (κ1) is 16.5. The fraction of sp³-hybridized carbons (Fsp3) is 0.400. The van der Waals surface area contributed by atoms with E-state index in [1.165, 1.54) is 6.42 Å². The molecule has 0 spiro atoms. The molecule has 0 unspecified atom stereocenters. The third-order valence-electron chi connectivity index (χ3n) is 4.45. The Morgan fingerprint density at radius 1 is 1.00 bits per heavy atom. The number of carbonyl (C=O) groups is 2. The molecule has 0 aromatic heterocycles. The number of benzene rings is 2. The van der Waals surface area contributed by atoms with Gasteiger partial charge in [-0.1, -0.05) is 36.8 Å². The molecule has 1 fully saturated rings. The van der Waals surface area contributed by atoms with Crippen LogP contribution in [0.15, 0.2) is 36.4 Å². The average Bonchev–Trinajstić information content (AvgIpc) is 2.61. The number of ether oxygens (including phenoxy) is 2. The van der Waals surface area contributed by atoms with Crippen molar-refractivity contribution in [3.05, 3.63) is 47.5 Å². The first-order valence-electron chi connectivity index (χ1n) is 8.60. The molecule has 1 aliphatic rings. The molecule has 0 aliphatic heterocycles. The van der Waals surface area contributed by atoms with Crippen molar-refractivity contribution < 1.29 is 19.1 Å². The van der Waals surface area contributed by atoms with E-state index in [0.717, 1.165) is 31.1 Å². The molecule has 2 aromatic carbocycles. The maximum Gasteiger partial charge on any atom is 0.339 e. The highest BCUT2D eigenvalue weighted by Crippen LogP contribution is 2.26. The zero-order valence-corrected chi connectivity index (χ0v) is 13.9. The third kappa shape index (κ3) is 3.42. The second-order valence-electron chi connectivity index (χ2n) is 6.10. The van der Waals surface area contributed by atoms with E-state index in [-0.39, 0.29) is 18.3 Å². The van der Waals surface area contributed by atoms with Crippen LogP contribution in [-0.4, -0.2) is 24.6 Å². The van der Waals surface area contributed by atoms with Crippen LogP contribution in [0, 0.1) is 0 Å². The van der Waals surface area contributed by atoms with Crippen LogP contribution in [0.1, 0.15) is 59.7 Å². The Morgan fingerprint density at radius 3 is 2.50 bits per heavy atom. The SMILES string of the molecule is CCOC(=O)c1c(C(=O)OC2CCCCC2)ccc2ccccc12. The molecule has 3 rings (SSSR count). The van der Waals surface area contributed by atoms with Gasteiger partial charge in [-0.3, -0.25) is 0 Å². The summed E-state index contributed by atoms with van der Waals surface area (Å²) in [6, 6.07) is 11.0. The lowest BCUT2D eigenvalue weighted by molar-refractivity contribution is 0.0204. The summed E-state index contributed by atoms with van der Waals surface area (Å²) < 4.78 is 10.8. The van der Waals surface area contributed by atoms with Gasteiger partial charge in [0.1, 0.15) is 6.10 Å². The Balaban J connectivity index is 1.97. The quantitative estimate of drug-likeness (QED) is 0.776. The Bertz CT molecular complexity index is 744. The minimum absolute atomic E-state index is 0.0484. The third-order valence-corrected chi connectivity index (χ3v) is 4.45. The maximum atomic E-state index is 12.7. The number of fused-ring (bicyclic) bond motifs is 1. The van der Waals surface area contributed by atoms with Gasteiger partial charge >= 0.3 is 11.9 Å². The number of rotatable bonds is 4. The van der Waals surface area contributed by atoms with E-state index in [1.807, 2.05) is 30.3 Å². The maximum absolute atomic E-state index is 12.7. The second-order valence-corrected chi connectivity index (χ2v) is 6.10. The molecular weight excluding hydrogens is 304 g/mol. The number of hydrogen-bond donors (Lipinski definition) is 0. The minimum Gasteiger partial charge on any atom is -0.462 e. The molecule has 1 saturated carbocycles. The average molecular weight is 326 g/mol. The van der Waals surface area contributed by atoms with Gasteiger partial charge in [0.15, 0.2) is 0 Å². The van der Waals surface area contributed by atoms with Crippen molar-refractivity contribution in [2.24, 2.45) is 0 Å². The summed E-state index contributed by atoms with van der Waals surface area (Å²) in [5, 5.41) is 1.61. The number of hydrogen-bond acceptors (Lipinski definition) is 4. The topological polar surface area (TPSA) is 52.6 Å². The van der Waals surface area contributed by atoms with E-state index in [2.05, 4.69) is 0 Å².